The highest BCUT2D eigenvalue weighted by Gasteiger charge is 2.37. The fourth-order valence-electron chi connectivity index (χ4n) is 2.79. The molecule has 1 aliphatic carbocycles. The predicted molar refractivity (Wildman–Crippen MR) is 58.0 cm³/mol. The third-order valence-electron chi connectivity index (χ3n) is 3.71. The maximum absolute atomic E-state index is 10.7. The van der Waals surface area contributed by atoms with Crippen LogP contribution in [0.5, 0.6) is 0 Å². The number of likely N-dealkylation sites (N-methyl/N-ethyl adjacent to an activating group) is 1. The van der Waals surface area contributed by atoms with Crippen molar-refractivity contribution in [1.29, 1.82) is 0 Å². The first kappa shape index (κ1) is 10.5. The van der Waals surface area contributed by atoms with Crippen molar-refractivity contribution < 1.29 is 9.90 Å². The Kier molecular flexibility index (Phi) is 2.67. The highest BCUT2D eigenvalue weighted by molar-refractivity contribution is 5.82. The molecule has 0 spiro atoms. The molecule has 1 aliphatic heterocycles. The zero-order chi connectivity index (χ0) is 11.0. The minimum absolute atomic E-state index is 0.316. The SMILES string of the molecule is CC1=NC2CCC(CC(=O)O)CC2N1C. The average molecular weight is 210 g/mol. The van der Waals surface area contributed by atoms with Crippen LogP contribution in [0.3, 0.4) is 0 Å². The van der Waals surface area contributed by atoms with Gasteiger partial charge in [0.25, 0.3) is 0 Å². The van der Waals surface area contributed by atoms with Crippen molar-refractivity contribution in [3.05, 3.63) is 0 Å². The van der Waals surface area contributed by atoms with E-state index in [4.69, 9.17) is 5.11 Å². The number of carboxylic acid groups (broad SMARTS) is 1. The Labute approximate surface area is 90.0 Å². The molecular formula is C11H18N2O2. The molecule has 0 aromatic rings. The van der Waals surface area contributed by atoms with Gasteiger partial charge in [0.2, 0.25) is 0 Å². The first-order chi connectivity index (χ1) is 7.08. The fourth-order valence-corrected chi connectivity index (χ4v) is 2.79. The molecule has 0 saturated heterocycles. The third kappa shape index (κ3) is 1.98. The van der Waals surface area contributed by atoms with Gasteiger partial charge in [-0.2, -0.15) is 0 Å². The second kappa shape index (κ2) is 3.83. The van der Waals surface area contributed by atoms with Crippen LogP contribution in [0.15, 0.2) is 4.99 Å². The molecule has 15 heavy (non-hydrogen) atoms. The van der Waals surface area contributed by atoms with Gasteiger partial charge < -0.3 is 10.0 Å². The van der Waals surface area contributed by atoms with Crippen molar-refractivity contribution in [3.63, 3.8) is 0 Å². The summed E-state index contributed by atoms with van der Waals surface area (Å²) in [6.45, 7) is 2.03. The van der Waals surface area contributed by atoms with Gasteiger partial charge in [0.15, 0.2) is 0 Å². The number of nitrogens with zero attached hydrogens (tertiary/aromatic N) is 2. The van der Waals surface area contributed by atoms with E-state index in [1.165, 1.54) is 0 Å². The molecule has 2 rings (SSSR count). The summed E-state index contributed by atoms with van der Waals surface area (Å²) in [6.07, 6.45) is 3.35. The molecule has 1 N–H and O–H groups in total. The number of aliphatic carboxylic acids is 1. The van der Waals surface area contributed by atoms with Crippen molar-refractivity contribution >= 4 is 11.8 Å². The number of carboxylic acids is 1. The van der Waals surface area contributed by atoms with E-state index in [9.17, 15) is 4.79 Å². The maximum Gasteiger partial charge on any atom is 0.303 e. The lowest BCUT2D eigenvalue weighted by Gasteiger charge is -2.34. The van der Waals surface area contributed by atoms with Crippen molar-refractivity contribution in [2.75, 3.05) is 7.05 Å². The third-order valence-corrected chi connectivity index (χ3v) is 3.71. The monoisotopic (exact) mass is 210 g/mol. The Morgan fingerprint density at radius 2 is 2.33 bits per heavy atom. The van der Waals surface area contributed by atoms with Crippen molar-refractivity contribution in [2.45, 2.75) is 44.7 Å². The van der Waals surface area contributed by atoms with Crippen LogP contribution in [-0.4, -0.2) is 40.9 Å². The van der Waals surface area contributed by atoms with Gasteiger partial charge >= 0.3 is 5.97 Å². The summed E-state index contributed by atoms with van der Waals surface area (Å²) in [4.78, 5) is 17.5. The highest BCUT2D eigenvalue weighted by atomic mass is 16.4. The molecule has 3 atom stereocenters. The van der Waals surface area contributed by atoms with Crippen molar-refractivity contribution in [2.24, 2.45) is 10.9 Å². The summed E-state index contributed by atoms with van der Waals surface area (Å²) in [5.74, 6) is 0.769. The highest BCUT2D eigenvalue weighted by Crippen LogP contribution is 2.34. The van der Waals surface area contributed by atoms with E-state index >= 15 is 0 Å². The van der Waals surface area contributed by atoms with E-state index in [1.54, 1.807) is 0 Å². The number of hydrogen-bond acceptors (Lipinski definition) is 3. The largest absolute Gasteiger partial charge is 0.481 e. The molecule has 0 aromatic carbocycles. The summed E-state index contributed by atoms with van der Waals surface area (Å²) in [6, 6.07) is 0.864. The molecule has 1 fully saturated rings. The van der Waals surface area contributed by atoms with E-state index in [0.717, 1.165) is 25.1 Å². The van der Waals surface area contributed by atoms with Gasteiger partial charge in [0, 0.05) is 13.5 Å². The van der Waals surface area contributed by atoms with E-state index in [-0.39, 0.29) is 0 Å². The van der Waals surface area contributed by atoms with Crippen LogP contribution in [0.2, 0.25) is 0 Å². The minimum Gasteiger partial charge on any atom is -0.481 e. The van der Waals surface area contributed by atoms with Gasteiger partial charge in [-0.25, -0.2) is 0 Å². The minimum atomic E-state index is -0.670. The summed E-state index contributed by atoms with van der Waals surface area (Å²) >= 11 is 0. The number of rotatable bonds is 2. The van der Waals surface area contributed by atoms with Gasteiger partial charge in [0.1, 0.15) is 0 Å². The van der Waals surface area contributed by atoms with Gasteiger partial charge in [-0.1, -0.05) is 0 Å². The number of carbonyl (C=O) groups is 1. The molecule has 1 saturated carbocycles. The first-order valence-electron chi connectivity index (χ1n) is 5.57. The lowest BCUT2D eigenvalue weighted by Crippen LogP contribution is -2.40. The number of aliphatic imine (C=N–C) groups is 1. The molecular weight excluding hydrogens is 192 g/mol. The molecule has 0 aromatic heterocycles. The van der Waals surface area contributed by atoms with Crippen molar-refractivity contribution in [3.8, 4) is 0 Å². The van der Waals surface area contributed by atoms with Gasteiger partial charge in [-0.15, -0.1) is 0 Å². The molecule has 84 valence electrons. The van der Waals surface area contributed by atoms with E-state index < -0.39 is 5.97 Å². The van der Waals surface area contributed by atoms with Crippen LogP contribution in [-0.2, 0) is 4.79 Å². The van der Waals surface area contributed by atoms with Crippen LogP contribution in [0.4, 0.5) is 0 Å². The zero-order valence-corrected chi connectivity index (χ0v) is 9.31. The Morgan fingerprint density at radius 3 is 3.00 bits per heavy atom. The quantitative estimate of drug-likeness (QED) is 0.748. The summed E-state index contributed by atoms with van der Waals surface area (Å²) in [5, 5.41) is 8.78. The average Bonchev–Trinajstić information content (AvgIpc) is 2.43. The number of hydrogen-bond donors (Lipinski definition) is 1. The molecule has 2 aliphatic rings. The van der Waals surface area contributed by atoms with Crippen LogP contribution >= 0.6 is 0 Å². The van der Waals surface area contributed by atoms with Crippen LogP contribution in [0, 0.1) is 5.92 Å². The van der Waals surface area contributed by atoms with Gasteiger partial charge in [0.05, 0.1) is 17.9 Å². The maximum atomic E-state index is 10.7. The lowest BCUT2D eigenvalue weighted by atomic mass is 9.81. The molecule has 4 heteroatoms. The van der Waals surface area contributed by atoms with Crippen LogP contribution < -0.4 is 0 Å². The second-order valence-corrected chi connectivity index (χ2v) is 4.70. The number of amidine groups is 1. The van der Waals surface area contributed by atoms with Gasteiger partial charge in [-0.3, -0.25) is 9.79 Å². The first-order valence-corrected chi connectivity index (χ1v) is 5.57. The Morgan fingerprint density at radius 1 is 1.60 bits per heavy atom. The number of fused-ring (bicyclic) bond motifs is 1. The zero-order valence-electron chi connectivity index (χ0n) is 9.31. The Hall–Kier alpha value is -1.06. The normalized spacial score (nSPS) is 34.9. The molecule has 4 nitrogen and oxygen atoms in total. The van der Waals surface area contributed by atoms with E-state index in [0.29, 0.717) is 24.4 Å². The smallest absolute Gasteiger partial charge is 0.303 e. The van der Waals surface area contributed by atoms with E-state index in [2.05, 4.69) is 16.9 Å². The summed E-state index contributed by atoms with van der Waals surface area (Å²) in [5.41, 5.74) is 0. The summed E-state index contributed by atoms with van der Waals surface area (Å²) in [7, 11) is 2.06. The standard InChI is InChI=1S/C11H18N2O2/c1-7-12-9-4-3-8(6-11(14)15)5-10(9)13(7)2/h8-10H,3-6H2,1-2H3,(H,14,15). The fraction of sp³-hybridized carbons (Fsp3) is 0.818. The second-order valence-electron chi connectivity index (χ2n) is 4.70. The van der Waals surface area contributed by atoms with E-state index in [1.807, 2.05) is 6.92 Å². The Bertz CT molecular complexity index is 301. The van der Waals surface area contributed by atoms with Crippen LogP contribution in [0.25, 0.3) is 0 Å². The molecule has 0 amide bonds. The van der Waals surface area contributed by atoms with Crippen molar-refractivity contribution in [1.82, 2.24) is 4.90 Å². The Balaban J connectivity index is 1.98. The molecule has 1 heterocycles. The molecule has 0 bridgehead atoms. The van der Waals surface area contributed by atoms with Gasteiger partial charge in [-0.05, 0) is 32.1 Å². The molecule has 3 unspecified atom stereocenters. The summed E-state index contributed by atoms with van der Waals surface area (Å²) < 4.78 is 0. The predicted octanol–water partition coefficient (Wildman–Crippen LogP) is 1.36. The molecule has 0 radical (unpaired) electrons. The lowest BCUT2D eigenvalue weighted by molar-refractivity contribution is -0.138. The van der Waals surface area contributed by atoms with Crippen LogP contribution in [0.1, 0.15) is 32.6 Å². The topological polar surface area (TPSA) is 52.9 Å².